The normalized spacial score (nSPS) is 22.1. The average Bonchev–Trinajstić information content (AvgIpc) is 2.51. The zero-order valence-corrected chi connectivity index (χ0v) is 14.5. The second kappa shape index (κ2) is 7.41. The molecule has 0 aliphatic heterocycles. The lowest BCUT2D eigenvalue weighted by molar-refractivity contribution is 0.0559. The van der Waals surface area contributed by atoms with Crippen LogP contribution < -0.4 is 5.73 Å². The highest BCUT2D eigenvalue weighted by molar-refractivity contribution is 9.10. The summed E-state index contributed by atoms with van der Waals surface area (Å²) in [5, 5.41) is 0. The van der Waals surface area contributed by atoms with E-state index in [1.807, 2.05) is 30.0 Å². The van der Waals surface area contributed by atoms with Gasteiger partial charge < -0.3 is 10.6 Å². The third-order valence-electron chi connectivity index (χ3n) is 4.67. The molecule has 1 aliphatic carbocycles. The first-order chi connectivity index (χ1) is 10.1. The van der Waals surface area contributed by atoms with Gasteiger partial charge in [0.2, 0.25) is 0 Å². The van der Waals surface area contributed by atoms with Crippen LogP contribution in [0.15, 0.2) is 22.7 Å². The zero-order chi connectivity index (χ0) is 15.4. The Bertz CT molecular complexity index is 504. The van der Waals surface area contributed by atoms with Gasteiger partial charge in [-0.25, -0.2) is 0 Å². The molecule has 2 rings (SSSR count). The molecule has 2 unspecified atom stereocenters. The summed E-state index contributed by atoms with van der Waals surface area (Å²) in [4.78, 5) is 15.0. The molecule has 0 saturated heterocycles. The minimum atomic E-state index is 0.140. The number of carbonyl (C=O) groups excluding carboxylic acids is 1. The van der Waals surface area contributed by atoms with Crippen molar-refractivity contribution in [3.05, 3.63) is 33.8 Å². The number of nitrogens with two attached hydrogens (primary N) is 1. The summed E-state index contributed by atoms with van der Waals surface area (Å²) >= 11 is 3.52. The molecule has 0 aromatic heterocycles. The number of nitrogens with zero attached hydrogens (tertiary/aromatic N) is 1. The van der Waals surface area contributed by atoms with E-state index in [4.69, 9.17) is 5.73 Å². The van der Waals surface area contributed by atoms with Gasteiger partial charge in [0.05, 0.1) is 0 Å². The quantitative estimate of drug-likeness (QED) is 0.896. The Morgan fingerprint density at radius 1 is 1.38 bits per heavy atom. The van der Waals surface area contributed by atoms with Crippen molar-refractivity contribution in [1.29, 1.82) is 0 Å². The van der Waals surface area contributed by atoms with E-state index in [0.717, 1.165) is 35.0 Å². The lowest BCUT2D eigenvalue weighted by Gasteiger charge is -2.39. The fourth-order valence-corrected chi connectivity index (χ4v) is 3.76. The maximum absolute atomic E-state index is 13.0. The number of hydrogen-bond acceptors (Lipinski definition) is 2. The number of carbonyl (C=O) groups is 1. The number of hydrogen-bond donors (Lipinski definition) is 1. The van der Waals surface area contributed by atoms with Gasteiger partial charge in [-0.2, -0.15) is 0 Å². The maximum atomic E-state index is 13.0. The Morgan fingerprint density at radius 3 is 2.76 bits per heavy atom. The van der Waals surface area contributed by atoms with Crippen LogP contribution in [0.2, 0.25) is 0 Å². The Hall–Kier alpha value is -0.870. The average molecular weight is 353 g/mol. The summed E-state index contributed by atoms with van der Waals surface area (Å²) in [5.74, 6) is 0.580. The van der Waals surface area contributed by atoms with Gasteiger partial charge in [0.15, 0.2) is 0 Å². The van der Waals surface area contributed by atoms with Crippen molar-refractivity contribution in [3.63, 3.8) is 0 Å². The van der Waals surface area contributed by atoms with Crippen molar-refractivity contribution in [2.75, 3.05) is 13.1 Å². The fourth-order valence-electron chi connectivity index (χ4n) is 3.40. The molecule has 2 atom stereocenters. The standard InChI is InChI=1S/C17H25BrN2O/c1-3-20(16-10-5-4-7-13(16)11-19)17(21)14-8-6-9-15(18)12(14)2/h6,8-9,13,16H,3-5,7,10-11,19H2,1-2H3. The van der Waals surface area contributed by atoms with E-state index in [1.165, 1.54) is 12.8 Å². The third kappa shape index (κ3) is 3.49. The summed E-state index contributed by atoms with van der Waals surface area (Å²) in [6.07, 6.45) is 4.65. The van der Waals surface area contributed by atoms with Crippen LogP contribution in [0, 0.1) is 12.8 Å². The van der Waals surface area contributed by atoms with Crippen molar-refractivity contribution < 1.29 is 4.79 Å². The molecule has 1 amide bonds. The highest BCUT2D eigenvalue weighted by atomic mass is 79.9. The number of rotatable bonds is 4. The summed E-state index contributed by atoms with van der Waals surface area (Å²) in [6, 6.07) is 6.12. The van der Waals surface area contributed by atoms with Crippen LogP contribution in [0.25, 0.3) is 0 Å². The molecular formula is C17H25BrN2O. The smallest absolute Gasteiger partial charge is 0.254 e. The van der Waals surface area contributed by atoms with Crippen LogP contribution in [-0.2, 0) is 0 Å². The molecule has 0 bridgehead atoms. The molecule has 1 aromatic rings. The molecule has 1 aliphatic rings. The molecular weight excluding hydrogens is 328 g/mol. The fraction of sp³-hybridized carbons (Fsp3) is 0.588. The predicted octanol–water partition coefficient (Wildman–Crippen LogP) is 3.74. The molecule has 0 radical (unpaired) electrons. The van der Waals surface area contributed by atoms with Crippen LogP contribution in [0.4, 0.5) is 0 Å². The van der Waals surface area contributed by atoms with E-state index >= 15 is 0 Å². The lowest BCUT2D eigenvalue weighted by Crippen LogP contribution is -2.48. The van der Waals surface area contributed by atoms with Crippen LogP contribution in [0.5, 0.6) is 0 Å². The van der Waals surface area contributed by atoms with Crippen molar-refractivity contribution >= 4 is 21.8 Å². The van der Waals surface area contributed by atoms with Gasteiger partial charge in [0.1, 0.15) is 0 Å². The van der Waals surface area contributed by atoms with Gasteiger partial charge in [-0.05, 0) is 56.8 Å². The SMILES string of the molecule is CCN(C(=O)c1cccc(Br)c1C)C1CCCCC1CN. The minimum Gasteiger partial charge on any atom is -0.336 e. The van der Waals surface area contributed by atoms with Gasteiger partial charge in [-0.15, -0.1) is 0 Å². The Balaban J connectivity index is 2.27. The summed E-state index contributed by atoms with van der Waals surface area (Å²) in [6.45, 7) is 5.47. The largest absolute Gasteiger partial charge is 0.336 e. The van der Waals surface area contributed by atoms with E-state index in [-0.39, 0.29) is 5.91 Å². The van der Waals surface area contributed by atoms with E-state index < -0.39 is 0 Å². The van der Waals surface area contributed by atoms with Gasteiger partial charge >= 0.3 is 0 Å². The lowest BCUT2D eigenvalue weighted by atomic mass is 9.83. The Morgan fingerprint density at radius 2 is 2.10 bits per heavy atom. The van der Waals surface area contributed by atoms with Gasteiger partial charge in [0, 0.05) is 22.6 Å². The third-order valence-corrected chi connectivity index (χ3v) is 5.53. The summed E-state index contributed by atoms with van der Waals surface area (Å²) < 4.78 is 0.989. The van der Waals surface area contributed by atoms with Gasteiger partial charge in [-0.3, -0.25) is 4.79 Å². The summed E-state index contributed by atoms with van der Waals surface area (Å²) in [5.41, 5.74) is 7.75. The molecule has 116 valence electrons. The molecule has 2 N–H and O–H groups in total. The molecule has 4 heteroatoms. The molecule has 21 heavy (non-hydrogen) atoms. The second-order valence-electron chi connectivity index (χ2n) is 5.85. The molecule has 1 aromatic carbocycles. The predicted molar refractivity (Wildman–Crippen MR) is 90.4 cm³/mol. The van der Waals surface area contributed by atoms with E-state index in [0.29, 0.717) is 18.5 Å². The number of benzene rings is 1. The first kappa shape index (κ1) is 16.5. The van der Waals surface area contributed by atoms with Crippen molar-refractivity contribution in [2.24, 2.45) is 11.7 Å². The molecule has 3 nitrogen and oxygen atoms in total. The van der Waals surface area contributed by atoms with Crippen LogP contribution in [0.1, 0.15) is 48.5 Å². The van der Waals surface area contributed by atoms with Crippen molar-refractivity contribution in [1.82, 2.24) is 4.90 Å². The van der Waals surface area contributed by atoms with E-state index in [9.17, 15) is 4.79 Å². The Labute approximate surface area is 136 Å². The first-order valence-electron chi connectivity index (χ1n) is 7.86. The Kier molecular flexibility index (Phi) is 5.82. The number of halogens is 1. The van der Waals surface area contributed by atoms with Crippen molar-refractivity contribution in [3.8, 4) is 0 Å². The monoisotopic (exact) mass is 352 g/mol. The van der Waals surface area contributed by atoms with Crippen LogP contribution in [-0.4, -0.2) is 29.9 Å². The highest BCUT2D eigenvalue weighted by Gasteiger charge is 2.32. The topological polar surface area (TPSA) is 46.3 Å². The molecule has 0 heterocycles. The highest BCUT2D eigenvalue weighted by Crippen LogP contribution is 2.30. The van der Waals surface area contributed by atoms with Gasteiger partial charge in [-0.1, -0.05) is 34.8 Å². The van der Waals surface area contributed by atoms with Crippen molar-refractivity contribution in [2.45, 2.75) is 45.6 Å². The van der Waals surface area contributed by atoms with Crippen LogP contribution in [0.3, 0.4) is 0 Å². The zero-order valence-electron chi connectivity index (χ0n) is 12.9. The van der Waals surface area contributed by atoms with Crippen LogP contribution >= 0.6 is 15.9 Å². The first-order valence-corrected chi connectivity index (χ1v) is 8.65. The minimum absolute atomic E-state index is 0.140. The maximum Gasteiger partial charge on any atom is 0.254 e. The molecule has 1 saturated carbocycles. The summed E-state index contributed by atoms with van der Waals surface area (Å²) in [7, 11) is 0. The van der Waals surface area contributed by atoms with E-state index in [1.54, 1.807) is 0 Å². The van der Waals surface area contributed by atoms with Gasteiger partial charge in [0.25, 0.3) is 5.91 Å². The second-order valence-corrected chi connectivity index (χ2v) is 6.71. The molecule has 1 fully saturated rings. The molecule has 0 spiro atoms. The van der Waals surface area contributed by atoms with E-state index in [2.05, 4.69) is 22.9 Å². The number of amides is 1.